The summed E-state index contributed by atoms with van der Waals surface area (Å²) in [5.41, 5.74) is 0. The van der Waals surface area contributed by atoms with Crippen molar-refractivity contribution in [3.63, 3.8) is 0 Å². The molecule has 1 rings (SSSR count). The monoisotopic (exact) mass is 188 g/mol. The number of rotatable bonds is 0. The van der Waals surface area contributed by atoms with E-state index in [1.807, 2.05) is 6.08 Å². The molecule has 0 unspecified atom stereocenters. The second-order valence-electron chi connectivity index (χ2n) is 1.77. The summed E-state index contributed by atoms with van der Waals surface area (Å²) in [5.74, 6) is -0.0966. The van der Waals surface area contributed by atoms with Crippen molar-refractivity contribution in [1.29, 1.82) is 0 Å². The Morgan fingerprint density at radius 3 is 3.11 bits per heavy atom. The van der Waals surface area contributed by atoms with Gasteiger partial charge in [0.2, 0.25) is 0 Å². The van der Waals surface area contributed by atoms with Crippen LogP contribution in [0.4, 0.5) is 4.39 Å². The van der Waals surface area contributed by atoms with Crippen molar-refractivity contribution in [1.82, 2.24) is 0 Å². The van der Waals surface area contributed by atoms with Crippen molar-refractivity contribution in [2.24, 2.45) is 0 Å². The van der Waals surface area contributed by atoms with Gasteiger partial charge in [-0.15, -0.1) is 0 Å². The fraction of sp³-hybridized carbons (Fsp3) is 0.143. The Morgan fingerprint density at radius 1 is 1.56 bits per heavy atom. The van der Waals surface area contributed by atoms with E-state index in [0.29, 0.717) is 6.42 Å². The van der Waals surface area contributed by atoms with Crippen molar-refractivity contribution >= 4 is 15.9 Å². The zero-order valence-electron chi connectivity index (χ0n) is 4.77. The molecule has 48 valence electrons. The Morgan fingerprint density at radius 2 is 2.33 bits per heavy atom. The van der Waals surface area contributed by atoms with Gasteiger partial charge in [0.1, 0.15) is 5.83 Å². The molecule has 0 fully saturated rings. The maximum absolute atomic E-state index is 12.4. The minimum absolute atomic E-state index is 0.0966. The second kappa shape index (κ2) is 2.97. The van der Waals surface area contributed by atoms with E-state index in [1.165, 1.54) is 6.08 Å². The molecule has 0 nitrogen and oxygen atoms in total. The molecule has 0 atom stereocenters. The predicted octanol–water partition coefficient (Wildman–Crippen LogP) is 3.08. The average molecular weight is 189 g/mol. The van der Waals surface area contributed by atoms with Gasteiger partial charge in [-0.25, -0.2) is 4.39 Å². The molecule has 1 aliphatic carbocycles. The van der Waals surface area contributed by atoms with Gasteiger partial charge in [-0.05, 0) is 12.2 Å². The van der Waals surface area contributed by atoms with Gasteiger partial charge in [-0.2, -0.15) is 0 Å². The van der Waals surface area contributed by atoms with E-state index in [1.54, 1.807) is 12.2 Å². The lowest BCUT2D eigenvalue weighted by Crippen LogP contribution is -1.65. The van der Waals surface area contributed by atoms with E-state index in [9.17, 15) is 4.39 Å². The third-order valence-corrected chi connectivity index (χ3v) is 1.61. The molecule has 2 heteroatoms. The van der Waals surface area contributed by atoms with Crippen LogP contribution in [0.3, 0.4) is 0 Å². The third kappa shape index (κ3) is 2.14. The van der Waals surface area contributed by atoms with Gasteiger partial charge >= 0.3 is 0 Å². The highest BCUT2D eigenvalue weighted by Crippen LogP contribution is 2.15. The zero-order chi connectivity index (χ0) is 6.69. The predicted molar refractivity (Wildman–Crippen MR) is 40.0 cm³/mol. The van der Waals surface area contributed by atoms with E-state index in [2.05, 4.69) is 15.9 Å². The molecule has 0 bridgehead atoms. The third-order valence-electron chi connectivity index (χ3n) is 1.02. The second-order valence-corrected chi connectivity index (χ2v) is 2.68. The summed E-state index contributed by atoms with van der Waals surface area (Å²) in [4.78, 5) is 0. The standard InChI is InChI=1S/C7H6BrF/c8-6-2-1-3-7(9)5-4-6/h1-4H,5H2. The molecule has 0 saturated heterocycles. The van der Waals surface area contributed by atoms with Crippen molar-refractivity contribution < 1.29 is 4.39 Å². The van der Waals surface area contributed by atoms with Crippen molar-refractivity contribution in [2.75, 3.05) is 0 Å². The van der Waals surface area contributed by atoms with E-state index in [0.717, 1.165) is 4.48 Å². The highest BCUT2D eigenvalue weighted by molar-refractivity contribution is 9.11. The number of hydrogen-bond acceptors (Lipinski definition) is 0. The van der Waals surface area contributed by atoms with E-state index in [-0.39, 0.29) is 5.83 Å². The minimum Gasteiger partial charge on any atom is -0.211 e. The Kier molecular flexibility index (Phi) is 2.22. The molecule has 0 N–H and O–H groups in total. The average Bonchev–Trinajstić information content (AvgIpc) is 1.97. The lowest BCUT2D eigenvalue weighted by atomic mass is 10.3. The first-order chi connectivity index (χ1) is 4.29. The summed E-state index contributed by atoms with van der Waals surface area (Å²) in [7, 11) is 0. The van der Waals surface area contributed by atoms with Gasteiger partial charge in [0.05, 0.1) is 0 Å². The normalized spacial score (nSPS) is 18.4. The molecule has 0 aromatic carbocycles. The van der Waals surface area contributed by atoms with E-state index in [4.69, 9.17) is 0 Å². The lowest BCUT2D eigenvalue weighted by Gasteiger charge is -1.84. The van der Waals surface area contributed by atoms with Crippen LogP contribution in [0.25, 0.3) is 0 Å². The maximum atomic E-state index is 12.4. The molecule has 9 heavy (non-hydrogen) atoms. The first-order valence-electron chi connectivity index (χ1n) is 2.67. The van der Waals surface area contributed by atoms with E-state index < -0.39 is 0 Å². The molecule has 0 saturated carbocycles. The van der Waals surface area contributed by atoms with Crippen LogP contribution >= 0.6 is 15.9 Å². The van der Waals surface area contributed by atoms with Crippen LogP contribution in [-0.2, 0) is 0 Å². The van der Waals surface area contributed by atoms with Gasteiger partial charge in [0, 0.05) is 10.9 Å². The van der Waals surface area contributed by atoms with Crippen LogP contribution in [0, 0.1) is 0 Å². The van der Waals surface area contributed by atoms with E-state index >= 15 is 0 Å². The molecular formula is C7H6BrF. The first-order valence-corrected chi connectivity index (χ1v) is 3.47. The minimum atomic E-state index is -0.0966. The van der Waals surface area contributed by atoms with Crippen LogP contribution in [0.1, 0.15) is 6.42 Å². The quantitative estimate of drug-likeness (QED) is 0.549. The zero-order valence-corrected chi connectivity index (χ0v) is 6.36. The highest BCUT2D eigenvalue weighted by Gasteiger charge is 1.93. The highest BCUT2D eigenvalue weighted by atomic mass is 79.9. The molecule has 0 aliphatic heterocycles. The topological polar surface area (TPSA) is 0 Å². The van der Waals surface area contributed by atoms with Gasteiger partial charge in [-0.3, -0.25) is 0 Å². The van der Waals surface area contributed by atoms with Gasteiger partial charge in [0.15, 0.2) is 0 Å². The molecule has 0 aromatic heterocycles. The Hall–Kier alpha value is -0.370. The molecule has 0 heterocycles. The van der Waals surface area contributed by atoms with Crippen LogP contribution < -0.4 is 0 Å². The summed E-state index contributed by atoms with van der Waals surface area (Å²) >= 11 is 3.24. The Bertz CT molecular complexity index is 186. The van der Waals surface area contributed by atoms with Gasteiger partial charge < -0.3 is 0 Å². The summed E-state index contributed by atoms with van der Waals surface area (Å²) in [5, 5.41) is 0. The van der Waals surface area contributed by atoms with Crippen molar-refractivity contribution in [3.05, 3.63) is 34.6 Å². The Balaban J connectivity index is 2.75. The number of allylic oxidation sites excluding steroid dienone is 6. The molecule has 1 aliphatic rings. The number of halogens is 2. The fourth-order valence-electron chi connectivity index (χ4n) is 0.576. The van der Waals surface area contributed by atoms with Crippen LogP contribution in [-0.4, -0.2) is 0 Å². The largest absolute Gasteiger partial charge is 0.211 e. The summed E-state index contributed by atoms with van der Waals surface area (Å²) in [6.07, 6.45) is 7.14. The molecular weight excluding hydrogens is 183 g/mol. The molecule has 0 amide bonds. The summed E-state index contributed by atoms with van der Waals surface area (Å²) < 4.78 is 13.3. The Labute approximate surface area is 61.9 Å². The van der Waals surface area contributed by atoms with Crippen LogP contribution in [0.2, 0.25) is 0 Å². The van der Waals surface area contributed by atoms with Gasteiger partial charge in [-0.1, -0.05) is 28.1 Å². The van der Waals surface area contributed by atoms with Crippen molar-refractivity contribution in [2.45, 2.75) is 6.42 Å². The maximum Gasteiger partial charge on any atom is 0.104 e. The molecule has 0 aromatic rings. The number of hydrogen-bond donors (Lipinski definition) is 0. The SMILES string of the molecule is FC1=CC=CC(Br)=CC1. The molecule has 0 radical (unpaired) electrons. The van der Waals surface area contributed by atoms with Crippen molar-refractivity contribution in [3.8, 4) is 0 Å². The fourth-order valence-corrected chi connectivity index (χ4v) is 0.890. The molecule has 0 spiro atoms. The summed E-state index contributed by atoms with van der Waals surface area (Å²) in [6.45, 7) is 0. The first kappa shape index (κ1) is 6.75. The van der Waals surface area contributed by atoms with Crippen LogP contribution in [0.5, 0.6) is 0 Å². The summed E-state index contributed by atoms with van der Waals surface area (Å²) in [6, 6.07) is 0. The van der Waals surface area contributed by atoms with Crippen LogP contribution in [0.15, 0.2) is 34.6 Å². The van der Waals surface area contributed by atoms with Gasteiger partial charge in [0.25, 0.3) is 0 Å². The lowest BCUT2D eigenvalue weighted by molar-refractivity contribution is 0.618. The smallest absolute Gasteiger partial charge is 0.104 e.